The van der Waals surface area contributed by atoms with Gasteiger partial charge in [0.1, 0.15) is 5.75 Å². The van der Waals surface area contributed by atoms with Gasteiger partial charge in [-0.1, -0.05) is 32.4 Å². The van der Waals surface area contributed by atoms with Gasteiger partial charge < -0.3 is 4.74 Å². The summed E-state index contributed by atoms with van der Waals surface area (Å²) in [5.74, 6) is 2.52. The minimum atomic E-state index is 0.0723. The Bertz CT molecular complexity index is 405. The summed E-state index contributed by atoms with van der Waals surface area (Å²) >= 11 is 7.54. The Morgan fingerprint density at radius 1 is 1.44 bits per heavy atom. The van der Waals surface area contributed by atoms with E-state index in [1.807, 2.05) is 6.92 Å². The highest BCUT2D eigenvalue weighted by atomic mass is 35.5. The highest BCUT2D eigenvalue weighted by Gasteiger charge is 2.13. The molecular weight excluding hydrogens is 268 g/mol. The van der Waals surface area contributed by atoms with Crippen LogP contribution in [0, 0.1) is 5.92 Å². The predicted octanol–water partition coefficient (Wildman–Crippen LogP) is 4.31. The van der Waals surface area contributed by atoms with Crippen LogP contribution in [-0.4, -0.2) is 23.9 Å². The largest absolute Gasteiger partial charge is 0.493 e. The van der Waals surface area contributed by atoms with Crippen molar-refractivity contribution in [2.24, 2.45) is 5.92 Å². The van der Waals surface area contributed by atoms with Crippen molar-refractivity contribution in [1.82, 2.24) is 0 Å². The first-order valence-corrected chi connectivity index (χ1v) is 7.61. The van der Waals surface area contributed by atoms with Gasteiger partial charge in [0, 0.05) is 5.02 Å². The highest BCUT2D eigenvalue weighted by molar-refractivity contribution is 7.99. The second kappa shape index (κ2) is 7.70. The van der Waals surface area contributed by atoms with Gasteiger partial charge in [-0.15, -0.1) is 0 Å². The average molecular weight is 287 g/mol. The Kier molecular flexibility index (Phi) is 6.58. The van der Waals surface area contributed by atoms with Gasteiger partial charge in [-0.25, -0.2) is 0 Å². The monoisotopic (exact) mass is 286 g/mol. The van der Waals surface area contributed by atoms with Crippen LogP contribution in [0.4, 0.5) is 0 Å². The number of hydrogen-bond donors (Lipinski definition) is 0. The molecule has 1 aromatic rings. The maximum atomic E-state index is 12.1. The summed E-state index contributed by atoms with van der Waals surface area (Å²) in [5, 5.41) is 0.566. The number of benzene rings is 1. The highest BCUT2D eigenvalue weighted by Crippen LogP contribution is 2.25. The van der Waals surface area contributed by atoms with Crippen molar-refractivity contribution < 1.29 is 9.53 Å². The maximum absolute atomic E-state index is 12.1. The minimum absolute atomic E-state index is 0.0723. The Balaban J connectivity index is 2.85. The third-order valence-corrected chi connectivity index (χ3v) is 3.36. The third-order valence-electron chi connectivity index (χ3n) is 2.25. The number of ketones is 1. The lowest BCUT2D eigenvalue weighted by Gasteiger charge is -2.12. The van der Waals surface area contributed by atoms with Gasteiger partial charge >= 0.3 is 0 Å². The Labute approximate surface area is 118 Å². The number of Topliss-reactive ketones (excluding diaryl/α,β-unsaturated/α-hetero) is 1. The van der Waals surface area contributed by atoms with Gasteiger partial charge in [0.2, 0.25) is 0 Å². The normalized spacial score (nSPS) is 10.7. The fourth-order valence-corrected chi connectivity index (χ4v) is 2.09. The molecule has 0 radical (unpaired) electrons. The van der Waals surface area contributed by atoms with Gasteiger partial charge in [-0.2, -0.15) is 11.8 Å². The molecule has 18 heavy (non-hydrogen) atoms. The summed E-state index contributed by atoms with van der Waals surface area (Å²) in [7, 11) is 0. The van der Waals surface area contributed by atoms with Crippen LogP contribution in [0.3, 0.4) is 0 Å². The summed E-state index contributed by atoms with van der Waals surface area (Å²) < 4.78 is 5.67. The van der Waals surface area contributed by atoms with Crippen LogP contribution in [0.1, 0.15) is 31.1 Å². The van der Waals surface area contributed by atoms with Crippen LogP contribution < -0.4 is 4.74 Å². The van der Waals surface area contributed by atoms with E-state index < -0.39 is 0 Å². The molecule has 0 heterocycles. The SMILES string of the molecule is CCSCC(=O)c1cc(Cl)ccc1OCC(C)C. The zero-order valence-electron chi connectivity index (χ0n) is 11.0. The second-order valence-corrected chi connectivity index (χ2v) is 6.12. The summed E-state index contributed by atoms with van der Waals surface area (Å²) in [6.07, 6.45) is 0. The van der Waals surface area contributed by atoms with Gasteiger partial charge in [0.05, 0.1) is 17.9 Å². The molecule has 0 aliphatic heterocycles. The molecule has 0 saturated carbocycles. The molecule has 100 valence electrons. The molecule has 0 unspecified atom stereocenters. The molecule has 2 nitrogen and oxygen atoms in total. The third kappa shape index (κ3) is 4.91. The summed E-state index contributed by atoms with van der Waals surface area (Å²) in [6, 6.07) is 5.21. The zero-order chi connectivity index (χ0) is 13.5. The van der Waals surface area contributed by atoms with E-state index in [1.54, 1.807) is 30.0 Å². The van der Waals surface area contributed by atoms with Gasteiger partial charge in [0.25, 0.3) is 0 Å². The molecule has 1 rings (SSSR count). The number of halogens is 1. The van der Waals surface area contributed by atoms with Crippen molar-refractivity contribution in [2.45, 2.75) is 20.8 Å². The molecule has 4 heteroatoms. The summed E-state index contributed by atoms with van der Waals surface area (Å²) in [6.45, 7) is 6.78. The van der Waals surface area contributed by atoms with E-state index in [4.69, 9.17) is 16.3 Å². The molecule has 0 amide bonds. The molecule has 0 aliphatic rings. The lowest BCUT2D eigenvalue weighted by atomic mass is 10.1. The second-order valence-electron chi connectivity index (χ2n) is 4.41. The molecule has 0 N–H and O–H groups in total. The molecule has 0 atom stereocenters. The molecule has 0 spiro atoms. The maximum Gasteiger partial charge on any atom is 0.176 e. The van der Waals surface area contributed by atoms with E-state index >= 15 is 0 Å². The summed E-state index contributed by atoms with van der Waals surface area (Å²) in [5.41, 5.74) is 0.587. The molecule has 1 aromatic carbocycles. The van der Waals surface area contributed by atoms with Crippen LogP contribution >= 0.6 is 23.4 Å². The standard InChI is InChI=1S/C14H19ClO2S/c1-4-18-9-13(16)12-7-11(15)5-6-14(12)17-8-10(2)3/h5-7,10H,4,8-9H2,1-3H3. The Hall–Kier alpha value is -0.670. The summed E-state index contributed by atoms with van der Waals surface area (Å²) in [4.78, 5) is 12.1. The van der Waals surface area contributed by atoms with E-state index in [0.29, 0.717) is 34.6 Å². The molecule has 0 saturated heterocycles. The number of hydrogen-bond acceptors (Lipinski definition) is 3. The van der Waals surface area contributed by atoms with E-state index in [1.165, 1.54) is 0 Å². The van der Waals surface area contributed by atoms with Crippen molar-refractivity contribution in [1.29, 1.82) is 0 Å². The first-order valence-electron chi connectivity index (χ1n) is 6.07. The van der Waals surface area contributed by atoms with E-state index in [9.17, 15) is 4.79 Å². The van der Waals surface area contributed by atoms with Gasteiger partial charge in [-0.05, 0) is 29.9 Å². The van der Waals surface area contributed by atoms with Gasteiger partial charge in [-0.3, -0.25) is 4.79 Å². The van der Waals surface area contributed by atoms with Crippen LogP contribution in [0.15, 0.2) is 18.2 Å². The van der Waals surface area contributed by atoms with E-state index in [0.717, 1.165) is 5.75 Å². The number of rotatable bonds is 7. The number of thioether (sulfide) groups is 1. The molecular formula is C14H19ClO2S. The van der Waals surface area contributed by atoms with E-state index in [-0.39, 0.29) is 5.78 Å². The van der Waals surface area contributed by atoms with Crippen molar-refractivity contribution in [3.8, 4) is 5.75 Å². The number of carbonyl (C=O) groups excluding carboxylic acids is 1. The molecule has 0 aromatic heterocycles. The van der Waals surface area contributed by atoms with E-state index in [2.05, 4.69) is 13.8 Å². The quantitative estimate of drug-likeness (QED) is 0.699. The molecule has 0 bridgehead atoms. The number of ether oxygens (including phenoxy) is 1. The predicted molar refractivity (Wildman–Crippen MR) is 79.1 cm³/mol. The van der Waals surface area contributed by atoms with Crippen molar-refractivity contribution in [2.75, 3.05) is 18.1 Å². The fraction of sp³-hybridized carbons (Fsp3) is 0.500. The van der Waals surface area contributed by atoms with Crippen LogP contribution in [0.25, 0.3) is 0 Å². The lowest BCUT2D eigenvalue weighted by Crippen LogP contribution is -2.10. The first kappa shape index (κ1) is 15.4. The topological polar surface area (TPSA) is 26.3 Å². The van der Waals surface area contributed by atoms with Crippen LogP contribution in [0.5, 0.6) is 5.75 Å². The molecule has 0 aliphatic carbocycles. The van der Waals surface area contributed by atoms with Crippen molar-refractivity contribution >= 4 is 29.1 Å². The average Bonchev–Trinajstić information content (AvgIpc) is 2.34. The van der Waals surface area contributed by atoms with Gasteiger partial charge in [0.15, 0.2) is 5.78 Å². The zero-order valence-corrected chi connectivity index (χ0v) is 12.6. The van der Waals surface area contributed by atoms with Crippen molar-refractivity contribution in [3.63, 3.8) is 0 Å². The van der Waals surface area contributed by atoms with Crippen LogP contribution in [0.2, 0.25) is 5.02 Å². The Morgan fingerprint density at radius 3 is 2.78 bits per heavy atom. The minimum Gasteiger partial charge on any atom is -0.493 e. The fourth-order valence-electron chi connectivity index (χ4n) is 1.37. The molecule has 0 fully saturated rings. The van der Waals surface area contributed by atoms with Crippen LogP contribution in [-0.2, 0) is 0 Å². The Morgan fingerprint density at radius 2 is 2.17 bits per heavy atom. The number of carbonyl (C=O) groups is 1. The van der Waals surface area contributed by atoms with Crippen molar-refractivity contribution in [3.05, 3.63) is 28.8 Å². The lowest BCUT2D eigenvalue weighted by molar-refractivity contribution is 0.101. The first-order chi connectivity index (χ1) is 8.54. The smallest absolute Gasteiger partial charge is 0.176 e.